The van der Waals surface area contributed by atoms with Crippen LogP contribution in [0.5, 0.6) is 0 Å². The highest BCUT2D eigenvalue weighted by Crippen LogP contribution is 2.25. The highest BCUT2D eigenvalue weighted by Gasteiger charge is 2.40. The van der Waals surface area contributed by atoms with Gasteiger partial charge in [-0.05, 0) is 13.3 Å². The Morgan fingerprint density at radius 2 is 2.24 bits per heavy atom. The van der Waals surface area contributed by atoms with Gasteiger partial charge in [-0.1, -0.05) is 0 Å². The van der Waals surface area contributed by atoms with E-state index >= 15 is 0 Å². The monoisotopic (exact) mass is 242 g/mol. The number of nitrogens with zero attached hydrogens (tertiary/aromatic N) is 1. The number of morpholine rings is 1. The Balaban J connectivity index is 1.98. The molecule has 3 unspecified atom stereocenters. The fourth-order valence-corrected chi connectivity index (χ4v) is 2.49. The van der Waals surface area contributed by atoms with Crippen molar-refractivity contribution in [3.63, 3.8) is 0 Å². The first-order valence-electron chi connectivity index (χ1n) is 5.97. The van der Waals surface area contributed by atoms with E-state index in [0.29, 0.717) is 26.1 Å². The predicted octanol–water partition coefficient (Wildman–Crippen LogP) is -0.704. The molecule has 2 aliphatic rings. The van der Waals surface area contributed by atoms with Crippen LogP contribution < -0.4 is 5.32 Å². The average molecular weight is 242 g/mol. The fraction of sp³-hybridized carbons (Fsp3) is 0.818. The van der Waals surface area contributed by atoms with Crippen LogP contribution in [0.2, 0.25) is 0 Å². The van der Waals surface area contributed by atoms with E-state index in [2.05, 4.69) is 5.32 Å². The van der Waals surface area contributed by atoms with Gasteiger partial charge < -0.3 is 20.1 Å². The Kier molecular flexibility index (Phi) is 3.63. The molecular formula is C11H18N2O4. The summed E-state index contributed by atoms with van der Waals surface area (Å²) >= 11 is 0. The highest BCUT2D eigenvalue weighted by molar-refractivity contribution is 5.83. The molecule has 2 N–H and O–H groups in total. The second kappa shape index (κ2) is 5.01. The molecule has 0 aromatic carbocycles. The molecule has 0 saturated carbocycles. The van der Waals surface area contributed by atoms with Crippen molar-refractivity contribution in [2.24, 2.45) is 5.92 Å². The number of hydrogen-bond donors (Lipinski definition) is 2. The molecule has 2 aliphatic heterocycles. The topological polar surface area (TPSA) is 78.9 Å². The molecule has 0 spiro atoms. The summed E-state index contributed by atoms with van der Waals surface area (Å²) in [5.41, 5.74) is 0. The van der Waals surface area contributed by atoms with Crippen molar-refractivity contribution in [3.05, 3.63) is 0 Å². The van der Waals surface area contributed by atoms with Crippen LogP contribution in [0.25, 0.3) is 0 Å². The van der Waals surface area contributed by atoms with E-state index < -0.39 is 18.0 Å². The van der Waals surface area contributed by atoms with E-state index in [1.54, 1.807) is 11.8 Å². The summed E-state index contributed by atoms with van der Waals surface area (Å²) in [6.07, 6.45) is 0.0707. The van der Waals surface area contributed by atoms with Gasteiger partial charge in [-0.25, -0.2) is 0 Å². The summed E-state index contributed by atoms with van der Waals surface area (Å²) in [7, 11) is 0. The number of nitrogens with one attached hydrogen (secondary N) is 1. The first-order valence-corrected chi connectivity index (χ1v) is 5.97. The minimum Gasteiger partial charge on any atom is -0.481 e. The Hall–Kier alpha value is -1.14. The Labute approximate surface area is 99.9 Å². The summed E-state index contributed by atoms with van der Waals surface area (Å²) < 4.78 is 5.40. The van der Waals surface area contributed by atoms with E-state index in [-0.39, 0.29) is 11.9 Å². The summed E-state index contributed by atoms with van der Waals surface area (Å²) in [5.74, 6) is -1.36. The number of carbonyl (C=O) groups is 2. The molecule has 2 rings (SSSR count). The zero-order valence-electron chi connectivity index (χ0n) is 9.89. The van der Waals surface area contributed by atoms with Crippen molar-refractivity contribution in [2.75, 3.05) is 26.2 Å². The molecule has 2 saturated heterocycles. The SMILES string of the molecule is CC1C(C(=O)O)CCN1C(=O)C1CNCCO1. The van der Waals surface area contributed by atoms with Crippen LogP contribution in [0.4, 0.5) is 0 Å². The van der Waals surface area contributed by atoms with Gasteiger partial charge in [-0.15, -0.1) is 0 Å². The fourth-order valence-electron chi connectivity index (χ4n) is 2.49. The molecule has 96 valence electrons. The Morgan fingerprint density at radius 3 is 2.76 bits per heavy atom. The molecule has 0 aromatic rings. The summed E-state index contributed by atoms with van der Waals surface area (Å²) in [5, 5.41) is 12.1. The average Bonchev–Trinajstić information content (AvgIpc) is 2.71. The van der Waals surface area contributed by atoms with Gasteiger partial charge in [0.1, 0.15) is 6.10 Å². The molecule has 6 nitrogen and oxygen atoms in total. The third-order valence-corrected chi connectivity index (χ3v) is 3.56. The molecule has 2 fully saturated rings. The zero-order chi connectivity index (χ0) is 12.4. The van der Waals surface area contributed by atoms with Gasteiger partial charge in [0.2, 0.25) is 0 Å². The maximum absolute atomic E-state index is 12.1. The maximum atomic E-state index is 12.1. The van der Waals surface area contributed by atoms with Crippen LogP contribution in [0.3, 0.4) is 0 Å². The normalized spacial score (nSPS) is 33.7. The quantitative estimate of drug-likeness (QED) is 0.669. The lowest BCUT2D eigenvalue weighted by Crippen LogP contribution is -2.51. The van der Waals surface area contributed by atoms with Crippen molar-refractivity contribution in [1.82, 2.24) is 10.2 Å². The van der Waals surface area contributed by atoms with Crippen LogP contribution in [0, 0.1) is 5.92 Å². The van der Waals surface area contributed by atoms with Crippen LogP contribution in [-0.4, -0.2) is 60.3 Å². The molecule has 6 heteroatoms. The van der Waals surface area contributed by atoms with Crippen molar-refractivity contribution in [2.45, 2.75) is 25.5 Å². The lowest BCUT2D eigenvalue weighted by atomic mass is 10.0. The number of carboxylic acid groups (broad SMARTS) is 1. The van der Waals surface area contributed by atoms with Crippen molar-refractivity contribution >= 4 is 11.9 Å². The number of carboxylic acids is 1. The molecule has 0 bridgehead atoms. The van der Waals surface area contributed by atoms with E-state index in [1.165, 1.54) is 0 Å². The van der Waals surface area contributed by atoms with E-state index in [9.17, 15) is 9.59 Å². The number of aliphatic carboxylic acids is 1. The third-order valence-electron chi connectivity index (χ3n) is 3.56. The lowest BCUT2D eigenvalue weighted by molar-refractivity contribution is -0.148. The van der Waals surface area contributed by atoms with Crippen LogP contribution in [0.1, 0.15) is 13.3 Å². The van der Waals surface area contributed by atoms with E-state index in [1.807, 2.05) is 0 Å². The van der Waals surface area contributed by atoms with Gasteiger partial charge in [-0.3, -0.25) is 9.59 Å². The molecule has 2 heterocycles. The number of hydrogen-bond acceptors (Lipinski definition) is 4. The van der Waals surface area contributed by atoms with Crippen molar-refractivity contribution < 1.29 is 19.4 Å². The largest absolute Gasteiger partial charge is 0.481 e. The summed E-state index contributed by atoms with van der Waals surface area (Å²) in [6, 6.07) is -0.245. The van der Waals surface area contributed by atoms with E-state index in [4.69, 9.17) is 9.84 Å². The minimum absolute atomic E-state index is 0.0894. The zero-order valence-corrected chi connectivity index (χ0v) is 9.89. The number of ether oxygens (including phenoxy) is 1. The number of likely N-dealkylation sites (tertiary alicyclic amines) is 1. The second-order valence-electron chi connectivity index (χ2n) is 4.57. The summed E-state index contributed by atoms with van der Waals surface area (Å²) in [4.78, 5) is 24.8. The van der Waals surface area contributed by atoms with Gasteiger partial charge in [-0.2, -0.15) is 0 Å². The molecular weight excluding hydrogens is 224 g/mol. The van der Waals surface area contributed by atoms with Crippen LogP contribution >= 0.6 is 0 Å². The van der Waals surface area contributed by atoms with E-state index in [0.717, 1.165) is 6.54 Å². The molecule has 3 atom stereocenters. The lowest BCUT2D eigenvalue weighted by Gasteiger charge is -2.30. The van der Waals surface area contributed by atoms with Crippen molar-refractivity contribution in [3.8, 4) is 0 Å². The smallest absolute Gasteiger partial charge is 0.308 e. The minimum atomic E-state index is -0.824. The molecule has 0 radical (unpaired) electrons. The van der Waals surface area contributed by atoms with Crippen molar-refractivity contribution in [1.29, 1.82) is 0 Å². The first kappa shape index (κ1) is 12.3. The van der Waals surface area contributed by atoms with Crippen LogP contribution in [0.15, 0.2) is 0 Å². The first-order chi connectivity index (χ1) is 8.11. The van der Waals surface area contributed by atoms with Gasteiger partial charge in [0.05, 0.1) is 12.5 Å². The van der Waals surface area contributed by atoms with Crippen LogP contribution in [-0.2, 0) is 14.3 Å². The third kappa shape index (κ3) is 2.42. The Morgan fingerprint density at radius 1 is 1.47 bits per heavy atom. The summed E-state index contributed by atoms with van der Waals surface area (Å²) in [6.45, 7) is 4.11. The molecule has 0 aliphatic carbocycles. The maximum Gasteiger partial charge on any atom is 0.308 e. The number of carbonyl (C=O) groups excluding carboxylic acids is 1. The van der Waals surface area contributed by atoms with Gasteiger partial charge in [0.15, 0.2) is 0 Å². The molecule has 0 aromatic heterocycles. The standard InChI is InChI=1S/C11H18N2O4/c1-7-8(11(15)16)2-4-13(7)10(14)9-6-12-3-5-17-9/h7-9,12H,2-6H2,1H3,(H,15,16). The highest BCUT2D eigenvalue weighted by atomic mass is 16.5. The molecule has 1 amide bonds. The Bertz CT molecular complexity index is 315. The van der Waals surface area contributed by atoms with Gasteiger partial charge in [0, 0.05) is 25.7 Å². The van der Waals surface area contributed by atoms with Gasteiger partial charge in [0.25, 0.3) is 5.91 Å². The molecule has 17 heavy (non-hydrogen) atoms. The van der Waals surface area contributed by atoms with Gasteiger partial charge >= 0.3 is 5.97 Å². The number of rotatable bonds is 2. The predicted molar refractivity (Wildman–Crippen MR) is 59.5 cm³/mol. The second-order valence-corrected chi connectivity index (χ2v) is 4.57. The number of amides is 1.